The van der Waals surface area contributed by atoms with Crippen LogP contribution in [0.25, 0.3) is 0 Å². The molecule has 1 aromatic carbocycles. The monoisotopic (exact) mass is 300 g/mol. The van der Waals surface area contributed by atoms with Crippen LogP contribution >= 0.6 is 0 Å². The highest BCUT2D eigenvalue weighted by atomic mass is 32.2. The molecule has 0 spiro atoms. The number of amides is 1. The van der Waals surface area contributed by atoms with Gasteiger partial charge in [-0.05, 0) is 0 Å². The molecule has 1 heterocycles. The molecule has 0 saturated carbocycles. The van der Waals surface area contributed by atoms with E-state index in [9.17, 15) is 13.2 Å². The molecule has 0 aliphatic carbocycles. The van der Waals surface area contributed by atoms with Gasteiger partial charge in [-0.2, -0.15) is 0 Å². The van der Waals surface area contributed by atoms with Gasteiger partial charge < -0.3 is 14.4 Å². The van der Waals surface area contributed by atoms with Crippen LogP contribution in [0.4, 0.5) is 5.69 Å². The molecule has 1 atom stereocenters. The third kappa shape index (κ3) is 2.86. The lowest BCUT2D eigenvalue weighted by atomic mass is 10.2. The molecule has 1 saturated heterocycles. The van der Waals surface area contributed by atoms with Gasteiger partial charge in [0.2, 0.25) is 15.9 Å². The number of nitrogens with two attached hydrogens (primary N) is 1. The van der Waals surface area contributed by atoms with Gasteiger partial charge >= 0.3 is 0 Å². The molecular formula is C12H16N2O5S. The average molecular weight is 300 g/mol. The van der Waals surface area contributed by atoms with Crippen LogP contribution in [-0.4, -0.2) is 40.3 Å². The van der Waals surface area contributed by atoms with Crippen LogP contribution in [0.15, 0.2) is 18.2 Å². The second-order valence-electron chi connectivity index (χ2n) is 4.49. The molecule has 1 aromatic rings. The maximum atomic E-state index is 12.0. The number of rotatable bonds is 4. The first kappa shape index (κ1) is 14.6. The van der Waals surface area contributed by atoms with Crippen molar-refractivity contribution in [3.8, 4) is 11.5 Å². The quantitative estimate of drug-likeness (QED) is 0.850. The lowest BCUT2D eigenvalue weighted by molar-refractivity contribution is -0.117. The molecule has 8 heteroatoms. The highest BCUT2D eigenvalue weighted by molar-refractivity contribution is 7.89. The Morgan fingerprint density at radius 3 is 2.15 bits per heavy atom. The number of carbonyl (C=O) groups excluding carboxylic acids is 1. The zero-order chi connectivity index (χ0) is 14.9. The van der Waals surface area contributed by atoms with E-state index in [2.05, 4.69) is 0 Å². The Kier molecular flexibility index (Phi) is 3.87. The van der Waals surface area contributed by atoms with Gasteiger partial charge in [-0.25, -0.2) is 13.6 Å². The number of hydrogen-bond acceptors (Lipinski definition) is 5. The third-order valence-corrected chi connectivity index (χ3v) is 4.45. The molecule has 1 aliphatic heterocycles. The van der Waals surface area contributed by atoms with E-state index in [0.717, 1.165) is 0 Å². The summed E-state index contributed by atoms with van der Waals surface area (Å²) < 4.78 is 33.0. The fourth-order valence-corrected chi connectivity index (χ4v) is 2.82. The molecule has 7 nitrogen and oxygen atoms in total. The number of carbonyl (C=O) groups is 1. The van der Waals surface area contributed by atoms with Crippen molar-refractivity contribution in [1.82, 2.24) is 0 Å². The molecule has 1 unspecified atom stereocenters. The number of anilines is 1. The number of ether oxygens (including phenoxy) is 2. The van der Waals surface area contributed by atoms with Gasteiger partial charge in [0, 0.05) is 31.2 Å². The number of nitrogens with zero attached hydrogens (tertiary/aromatic N) is 1. The summed E-state index contributed by atoms with van der Waals surface area (Å²) in [4.78, 5) is 13.3. The largest absolute Gasteiger partial charge is 0.497 e. The number of primary sulfonamides is 1. The standard InChI is InChI=1S/C12H16N2O5S/c1-18-9-3-8(4-10(5-9)19-2)14-7-11(6-12(14)15)20(13,16)17/h3-5,11H,6-7H2,1-2H3,(H2,13,16,17). The first-order valence-corrected chi connectivity index (χ1v) is 7.51. The van der Waals surface area contributed by atoms with Gasteiger partial charge in [0.05, 0.1) is 19.9 Å². The van der Waals surface area contributed by atoms with E-state index in [1.54, 1.807) is 18.2 Å². The molecule has 0 radical (unpaired) electrons. The van der Waals surface area contributed by atoms with E-state index in [4.69, 9.17) is 14.6 Å². The van der Waals surface area contributed by atoms with Gasteiger partial charge in [0.1, 0.15) is 16.7 Å². The normalized spacial score (nSPS) is 19.2. The Morgan fingerprint density at radius 1 is 1.20 bits per heavy atom. The second kappa shape index (κ2) is 5.29. The molecular weight excluding hydrogens is 284 g/mol. The summed E-state index contributed by atoms with van der Waals surface area (Å²) in [5.41, 5.74) is 0.525. The fourth-order valence-electron chi connectivity index (χ4n) is 2.09. The molecule has 2 N–H and O–H groups in total. The Bertz CT molecular complexity index is 606. The molecule has 0 bridgehead atoms. The van der Waals surface area contributed by atoms with Crippen LogP contribution in [0.5, 0.6) is 11.5 Å². The number of methoxy groups -OCH3 is 2. The average Bonchev–Trinajstić information content (AvgIpc) is 2.80. The van der Waals surface area contributed by atoms with Crippen molar-refractivity contribution in [1.29, 1.82) is 0 Å². The lowest BCUT2D eigenvalue weighted by Crippen LogP contribution is -2.32. The fraction of sp³-hybridized carbons (Fsp3) is 0.417. The van der Waals surface area contributed by atoms with Gasteiger partial charge in [0.25, 0.3) is 0 Å². The molecule has 2 rings (SSSR count). The van der Waals surface area contributed by atoms with Crippen LogP contribution < -0.4 is 19.5 Å². The van der Waals surface area contributed by atoms with Crippen molar-refractivity contribution in [2.24, 2.45) is 5.14 Å². The van der Waals surface area contributed by atoms with E-state index in [-0.39, 0.29) is 18.9 Å². The van der Waals surface area contributed by atoms with Crippen LogP contribution in [0.2, 0.25) is 0 Å². The Morgan fingerprint density at radius 2 is 1.75 bits per heavy atom. The molecule has 1 amide bonds. The van der Waals surface area contributed by atoms with Crippen molar-refractivity contribution >= 4 is 21.6 Å². The number of hydrogen-bond donors (Lipinski definition) is 1. The van der Waals surface area contributed by atoms with Gasteiger partial charge in [-0.15, -0.1) is 0 Å². The SMILES string of the molecule is COc1cc(OC)cc(N2CC(S(N)(=O)=O)CC2=O)c1. The zero-order valence-electron chi connectivity index (χ0n) is 11.2. The highest BCUT2D eigenvalue weighted by Gasteiger charge is 2.37. The van der Waals surface area contributed by atoms with Crippen LogP contribution in [0.1, 0.15) is 6.42 Å². The summed E-state index contributed by atoms with van der Waals surface area (Å²) in [6.07, 6.45) is -0.113. The van der Waals surface area contributed by atoms with Crippen LogP contribution in [0, 0.1) is 0 Å². The van der Waals surface area contributed by atoms with E-state index in [0.29, 0.717) is 17.2 Å². The summed E-state index contributed by atoms with van der Waals surface area (Å²) in [6.45, 7) is 0.0357. The molecule has 110 valence electrons. The van der Waals surface area contributed by atoms with Crippen molar-refractivity contribution in [3.63, 3.8) is 0 Å². The minimum absolute atomic E-state index is 0.0357. The summed E-state index contributed by atoms with van der Waals surface area (Å²) >= 11 is 0. The predicted octanol–water partition coefficient (Wildman–Crippen LogP) is 0.0976. The van der Waals surface area contributed by atoms with Crippen molar-refractivity contribution in [3.05, 3.63) is 18.2 Å². The van der Waals surface area contributed by atoms with E-state index in [1.165, 1.54) is 19.1 Å². The summed E-state index contributed by atoms with van der Waals surface area (Å²) in [5, 5.41) is 4.22. The van der Waals surface area contributed by atoms with Crippen molar-refractivity contribution < 1.29 is 22.7 Å². The number of sulfonamides is 1. The Labute approximate surface area is 117 Å². The van der Waals surface area contributed by atoms with Gasteiger partial charge in [0.15, 0.2) is 0 Å². The Hall–Kier alpha value is -1.80. The zero-order valence-corrected chi connectivity index (χ0v) is 12.0. The maximum absolute atomic E-state index is 12.0. The summed E-state index contributed by atoms with van der Waals surface area (Å²) in [7, 11) is -0.738. The molecule has 1 aliphatic rings. The predicted molar refractivity (Wildman–Crippen MR) is 73.4 cm³/mol. The first-order chi connectivity index (χ1) is 9.35. The van der Waals surface area contributed by atoms with E-state index >= 15 is 0 Å². The van der Waals surface area contributed by atoms with Gasteiger partial charge in [-0.3, -0.25) is 4.79 Å². The smallest absolute Gasteiger partial charge is 0.228 e. The lowest BCUT2D eigenvalue weighted by Gasteiger charge is -2.18. The third-order valence-electron chi connectivity index (χ3n) is 3.20. The maximum Gasteiger partial charge on any atom is 0.228 e. The molecule has 20 heavy (non-hydrogen) atoms. The molecule has 0 aromatic heterocycles. The summed E-state index contributed by atoms with van der Waals surface area (Å²) in [6, 6.07) is 4.96. The van der Waals surface area contributed by atoms with Crippen LogP contribution in [-0.2, 0) is 14.8 Å². The van der Waals surface area contributed by atoms with Crippen LogP contribution in [0.3, 0.4) is 0 Å². The Balaban J connectivity index is 2.34. The minimum Gasteiger partial charge on any atom is -0.497 e. The molecule has 1 fully saturated rings. The van der Waals surface area contributed by atoms with E-state index < -0.39 is 15.3 Å². The topological polar surface area (TPSA) is 98.9 Å². The second-order valence-corrected chi connectivity index (χ2v) is 6.34. The highest BCUT2D eigenvalue weighted by Crippen LogP contribution is 2.31. The van der Waals surface area contributed by atoms with Crippen molar-refractivity contribution in [2.45, 2.75) is 11.7 Å². The van der Waals surface area contributed by atoms with Crippen molar-refractivity contribution in [2.75, 3.05) is 25.7 Å². The number of benzene rings is 1. The minimum atomic E-state index is -3.73. The van der Waals surface area contributed by atoms with E-state index in [1.807, 2.05) is 0 Å². The summed E-state index contributed by atoms with van der Waals surface area (Å²) in [5.74, 6) is 0.747. The van der Waals surface area contributed by atoms with Gasteiger partial charge in [-0.1, -0.05) is 0 Å². The first-order valence-electron chi connectivity index (χ1n) is 5.90.